The van der Waals surface area contributed by atoms with Crippen molar-refractivity contribution in [3.8, 4) is 0 Å². The third-order valence-corrected chi connectivity index (χ3v) is 3.98. The molecule has 0 aromatic carbocycles. The summed E-state index contributed by atoms with van der Waals surface area (Å²) in [5.74, 6) is 0.781. The van der Waals surface area contributed by atoms with Gasteiger partial charge in [0.05, 0.1) is 6.04 Å². The number of hydrogen-bond acceptors (Lipinski definition) is 4. The summed E-state index contributed by atoms with van der Waals surface area (Å²) in [5.41, 5.74) is 0. The minimum absolute atomic E-state index is 0.0370. The molecule has 0 aromatic rings. The van der Waals surface area contributed by atoms with Crippen molar-refractivity contribution < 1.29 is 4.79 Å². The first kappa shape index (κ1) is 13.8. The molecule has 0 aliphatic carbocycles. The highest BCUT2D eigenvalue weighted by atomic mass is 16.2. The highest BCUT2D eigenvalue weighted by molar-refractivity contribution is 5.82. The van der Waals surface area contributed by atoms with Crippen LogP contribution in [0.25, 0.3) is 0 Å². The van der Waals surface area contributed by atoms with Gasteiger partial charge in [-0.2, -0.15) is 0 Å². The van der Waals surface area contributed by atoms with Crippen molar-refractivity contribution in [1.29, 1.82) is 0 Å². The smallest absolute Gasteiger partial charge is 0.238 e. The highest BCUT2D eigenvalue weighted by Gasteiger charge is 2.24. The number of likely N-dealkylation sites (tertiary alicyclic amines) is 1. The van der Waals surface area contributed by atoms with Crippen molar-refractivity contribution in [1.82, 2.24) is 20.4 Å². The topological polar surface area (TPSA) is 47.6 Å². The van der Waals surface area contributed by atoms with Crippen molar-refractivity contribution in [2.24, 2.45) is 5.92 Å². The second kappa shape index (κ2) is 6.50. The molecule has 5 nitrogen and oxygen atoms in total. The number of piperazine rings is 1. The summed E-state index contributed by atoms with van der Waals surface area (Å²) in [6.07, 6.45) is 2.49. The molecule has 0 spiro atoms. The van der Waals surface area contributed by atoms with E-state index >= 15 is 0 Å². The highest BCUT2D eigenvalue weighted by Crippen LogP contribution is 2.13. The summed E-state index contributed by atoms with van der Waals surface area (Å²) >= 11 is 0. The normalized spacial score (nSPS) is 31.2. The summed E-state index contributed by atoms with van der Waals surface area (Å²) in [4.78, 5) is 16.6. The molecular weight excluding hydrogens is 228 g/mol. The van der Waals surface area contributed by atoms with Crippen LogP contribution in [0.5, 0.6) is 0 Å². The number of carbonyl (C=O) groups is 1. The van der Waals surface area contributed by atoms with Gasteiger partial charge in [-0.3, -0.25) is 4.79 Å². The summed E-state index contributed by atoms with van der Waals surface area (Å²) in [6, 6.07) is -0.0370. The Kier molecular flexibility index (Phi) is 4.97. The van der Waals surface area contributed by atoms with Gasteiger partial charge in [-0.15, -0.1) is 0 Å². The number of hydrogen-bond donors (Lipinski definition) is 2. The fourth-order valence-electron chi connectivity index (χ4n) is 2.88. The third kappa shape index (κ3) is 3.93. The molecule has 2 unspecified atom stereocenters. The maximum absolute atomic E-state index is 12.1. The zero-order chi connectivity index (χ0) is 13.0. The lowest BCUT2D eigenvalue weighted by Gasteiger charge is -2.32. The van der Waals surface area contributed by atoms with Crippen molar-refractivity contribution in [2.45, 2.75) is 18.9 Å². The minimum Gasteiger partial charge on any atom is -0.354 e. The second-order valence-corrected chi connectivity index (χ2v) is 5.78. The lowest BCUT2D eigenvalue weighted by atomic mass is 9.98. The Labute approximate surface area is 110 Å². The molecule has 104 valence electrons. The first-order chi connectivity index (χ1) is 8.65. The van der Waals surface area contributed by atoms with Gasteiger partial charge in [0.2, 0.25) is 5.91 Å². The summed E-state index contributed by atoms with van der Waals surface area (Å²) in [7, 11) is 4.23. The van der Waals surface area contributed by atoms with E-state index < -0.39 is 0 Å². The molecule has 0 bridgehead atoms. The van der Waals surface area contributed by atoms with E-state index in [0.717, 1.165) is 32.7 Å². The van der Waals surface area contributed by atoms with E-state index in [2.05, 4.69) is 34.5 Å². The van der Waals surface area contributed by atoms with E-state index in [0.29, 0.717) is 5.92 Å². The van der Waals surface area contributed by atoms with Crippen LogP contribution < -0.4 is 10.6 Å². The van der Waals surface area contributed by atoms with E-state index in [1.165, 1.54) is 19.4 Å². The molecule has 2 atom stereocenters. The largest absolute Gasteiger partial charge is 0.354 e. The average molecular weight is 254 g/mol. The zero-order valence-electron chi connectivity index (χ0n) is 11.6. The molecular formula is C13H26N4O. The summed E-state index contributed by atoms with van der Waals surface area (Å²) in [6.45, 7) is 5.87. The number of nitrogens with zero attached hydrogens (tertiary/aromatic N) is 2. The number of nitrogens with one attached hydrogen (secondary N) is 2. The quantitative estimate of drug-likeness (QED) is 0.702. The molecule has 0 radical (unpaired) electrons. The fourth-order valence-corrected chi connectivity index (χ4v) is 2.88. The Morgan fingerprint density at radius 2 is 2.06 bits per heavy atom. The van der Waals surface area contributed by atoms with Crippen LogP contribution in [0.3, 0.4) is 0 Å². The predicted molar refractivity (Wildman–Crippen MR) is 72.5 cm³/mol. The average Bonchev–Trinajstić information content (AvgIpc) is 2.36. The van der Waals surface area contributed by atoms with Gasteiger partial charge in [0.1, 0.15) is 0 Å². The standard InChI is InChI=1S/C13H26N4O/c1-16-6-3-4-11(9-16)8-15-13(18)12-10-17(2)7-5-14-12/h11-12,14H,3-10H2,1-2H3,(H,15,18). The zero-order valence-corrected chi connectivity index (χ0v) is 11.6. The molecule has 2 aliphatic heterocycles. The van der Waals surface area contributed by atoms with Crippen LogP contribution in [-0.2, 0) is 4.79 Å². The molecule has 5 heteroatoms. The molecule has 0 saturated carbocycles. The Morgan fingerprint density at radius 1 is 1.28 bits per heavy atom. The van der Waals surface area contributed by atoms with Crippen LogP contribution >= 0.6 is 0 Å². The molecule has 2 heterocycles. The van der Waals surface area contributed by atoms with Crippen LogP contribution in [0.1, 0.15) is 12.8 Å². The second-order valence-electron chi connectivity index (χ2n) is 5.78. The molecule has 2 N–H and O–H groups in total. The van der Waals surface area contributed by atoms with Crippen LogP contribution in [0, 0.1) is 5.92 Å². The van der Waals surface area contributed by atoms with E-state index in [-0.39, 0.29) is 11.9 Å². The molecule has 18 heavy (non-hydrogen) atoms. The van der Waals surface area contributed by atoms with Crippen LogP contribution in [0.4, 0.5) is 0 Å². The molecule has 2 rings (SSSR count). The van der Waals surface area contributed by atoms with Gasteiger partial charge < -0.3 is 20.4 Å². The van der Waals surface area contributed by atoms with Crippen molar-refractivity contribution in [3.05, 3.63) is 0 Å². The minimum atomic E-state index is -0.0370. The van der Waals surface area contributed by atoms with Crippen LogP contribution in [0.15, 0.2) is 0 Å². The Balaban J connectivity index is 1.70. The van der Waals surface area contributed by atoms with E-state index in [4.69, 9.17) is 0 Å². The lowest BCUT2D eigenvalue weighted by Crippen LogP contribution is -2.56. The summed E-state index contributed by atoms with van der Waals surface area (Å²) < 4.78 is 0. The van der Waals surface area contributed by atoms with E-state index in [1.807, 2.05) is 0 Å². The van der Waals surface area contributed by atoms with Gasteiger partial charge in [-0.1, -0.05) is 0 Å². The van der Waals surface area contributed by atoms with Crippen molar-refractivity contribution >= 4 is 5.91 Å². The number of amides is 1. The van der Waals surface area contributed by atoms with Gasteiger partial charge in [0.15, 0.2) is 0 Å². The number of piperidine rings is 1. The number of carbonyl (C=O) groups excluding carboxylic acids is 1. The van der Waals surface area contributed by atoms with Gasteiger partial charge >= 0.3 is 0 Å². The number of rotatable bonds is 3. The maximum Gasteiger partial charge on any atom is 0.238 e. The number of likely N-dealkylation sites (N-methyl/N-ethyl adjacent to an activating group) is 1. The van der Waals surface area contributed by atoms with Crippen molar-refractivity contribution in [3.63, 3.8) is 0 Å². The maximum atomic E-state index is 12.1. The Bertz CT molecular complexity index is 284. The van der Waals surface area contributed by atoms with E-state index in [9.17, 15) is 4.79 Å². The monoisotopic (exact) mass is 254 g/mol. The van der Waals surface area contributed by atoms with Gasteiger partial charge in [-0.25, -0.2) is 0 Å². The van der Waals surface area contributed by atoms with Crippen LogP contribution in [-0.4, -0.2) is 75.1 Å². The summed E-state index contributed by atoms with van der Waals surface area (Å²) in [5, 5.41) is 6.39. The van der Waals surface area contributed by atoms with Crippen molar-refractivity contribution in [2.75, 3.05) is 53.4 Å². The SMILES string of the molecule is CN1CCCC(CNC(=O)C2CN(C)CCN2)C1. The third-order valence-electron chi connectivity index (χ3n) is 3.98. The van der Waals surface area contributed by atoms with Gasteiger partial charge in [0, 0.05) is 32.7 Å². The lowest BCUT2D eigenvalue weighted by molar-refractivity contribution is -0.124. The van der Waals surface area contributed by atoms with E-state index in [1.54, 1.807) is 0 Å². The fraction of sp³-hybridized carbons (Fsp3) is 0.923. The Morgan fingerprint density at radius 3 is 2.78 bits per heavy atom. The molecule has 1 amide bonds. The predicted octanol–water partition coefficient (Wildman–Crippen LogP) is -0.652. The molecule has 2 aliphatic rings. The Hall–Kier alpha value is -0.650. The van der Waals surface area contributed by atoms with Gasteiger partial charge in [-0.05, 0) is 39.4 Å². The molecule has 2 saturated heterocycles. The molecule has 0 aromatic heterocycles. The first-order valence-corrected chi connectivity index (χ1v) is 7.03. The van der Waals surface area contributed by atoms with Crippen LogP contribution in [0.2, 0.25) is 0 Å². The first-order valence-electron chi connectivity index (χ1n) is 7.03. The van der Waals surface area contributed by atoms with Gasteiger partial charge in [0.25, 0.3) is 0 Å². The molecule has 2 fully saturated rings.